The van der Waals surface area contributed by atoms with E-state index in [1.807, 2.05) is 0 Å². The van der Waals surface area contributed by atoms with Gasteiger partial charge in [-0.15, -0.1) is 0 Å². The number of rotatable bonds is 3. The number of fused-ring (bicyclic) bond motifs is 1. The molecule has 2 aromatic rings. The van der Waals surface area contributed by atoms with Crippen molar-refractivity contribution in [1.82, 2.24) is 0 Å². The van der Waals surface area contributed by atoms with Crippen LogP contribution in [0.2, 0.25) is 0 Å². The summed E-state index contributed by atoms with van der Waals surface area (Å²) >= 11 is 0. The maximum absolute atomic E-state index is 10.7. The lowest BCUT2D eigenvalue weighted by molar-refractivity contribution is 0.142. The molecule has 2 rings (SSSR count). The van der Waals surface area contributed by atoms with Gasteiger partial charge in [0.1, 0.15) is 17.2 Å². The van der Waals surface area contributed by atoms with Gasteiger partial charge >= 0.3 is 18.5 Å². The van der Waals surface area contributed by atoms with Gasteiger partial charge in [0, 0.05) is 11.5 Å². The van der Waals surface area contributed by atoms with E-state index >= 15 is 0 Å². The molecule has 2 aromatic carbocycles. The third kappa shape index (κ3) is 3.54. The predicted molar refractivity (Wildman–Crippen MR) is 69.9 cm³/mol. The molecule has 0 spiro atoms. The van der Waals surface area contributed by atoms with Crippen molar-refractivity contribution in [3.63, 3.8) is 0 Å². The molecule has 0 aliphatic heterocycles. The fourth-order valence-corrected chi connectivity index (χ4v) is 1.79. The Labute approximate surface area is 121 Å². The van der Waals surface area contributed by atoms with E-state index in [1.165, 1.54) is 24.3 Å². The molecule has 0 bridgehead atoms. The molecule has 114 valence electrons. The molecular formula is C13H8O9. The molecule has 0 atom stereocenters. The molecular weight excluding hydrogens is 300 g/mol. The smallest absolute Gasteiger partial charge is 0.449 e. The largest absolute Gasteiger partial charge is 0.511 e. The van der Waals surface area contributed by atoms with Gasteiger partial charge in [-0.3, -0.25) is 0 Å². The van der Waals surface area contributed by atoms with Crippen molar-refractivity contribution in [1.29, 1.82) is 0 Å². The number of carbonyl (C=O) groups is 3. The van der Waals surface area contributed by atoms with Crippen LogP contribution in [-0.2, 0) is 0 Å². The van der Waals surface area contributed by atoms with Gasteiger partial charge in [-0.1, -0.05) is 0 Å². The van der Waals surface area contributed by atoms with E-state index in [9.17, 15) is 14.4 Å². The Balaban J connectivity index is 2.56. The predicted octanol–water partition coefficient (Wildman–Crippen LogP) is 3.01. The number of ether oxygens (including phenoxy) is 3. The van der Waals surface area contributed by atoms with Crippen LogP contribution in [0.5, 0.6) is 17.2 Å². The highest BCUT2D eigenvalue weighted by Crippen LogP contribution is 2.33. The number of carboxylic acid groups (broad SMARTS) is 3. The normalized spacial score (nSPS) is 10.0. The fourth-order valence-electron chi connectivity index (χ4n) is 1.79. The quantitative estimate of drug-likeness (QED) is 0.576. The fraction of sp³-hybridized carbons (Fsp3) is 0. The van der Waals surface area contributed by atoms with Crippen LogP contribution in [0.3, 0.4) is 0 Å². The van der Waals surface area contributed by atoms with Crippen LogP contribution in [0.1, 0.15) is 0 Å². The molecule has 0 aliphatic rings. The van der Waals surface area contributed by atoms with Crippen molar-refractivity contribution in [3.05, 3.63) is 30.3 Å². The molecule has 0 fully saturated rings. The highest BCUT2D eigenvalue weighted by Gasteiger charge is 2.13. The van der Waals surface area contributed by atoms with Crippen LogP contribution in [0.15, 0.2) is 30.3 Å². The zero-order chi connectivity index (χ0) is 16.3. The average Bonchev–Trinajstić information content (AvgIpc) is 2.35. The standard InChI is InChI=1S/C13H8O9/c14-11(15)20-7-1-2-9-6(3-7)4-8(21-12(16)17)5-10(9)22-13(18)19/h1-5H,(H,14,15)(H,16,17)(H,18,19). The monoisotopic (exact) mass is 308 g/mol. The van der Waals surface area contributed by atoms with Crippen LogP contribution >= 0.6 is 0 Å². The van der Waals surface area contributed by atoms with Gasteiger partial charge in [0.15, 0.2) is 0 Å². The third-order valence-electron chi connectivity index (χ3n) is 2.47. The maximum Gasteiger partial charge on any atom is 0.511 e. The molecule has 0 saturated carbocycles. The van der Waals surface area contributed by atoms with E-state index < -0.39 is 18.5 Å². The average molecular weight is 308 g/mol. The SMILES string of the molecule is O=C(O)Oc1ccc2c(OC(=O)O)cc(OC(=O)O)cc2c1. The summed E-state index contributed by atoms with van der Waals surface area (Å²) in [5, 5.41) is 26.4. The van der Waals surface area contributed by atoms with Crippen molar-refractivity contribution in [2.75, 3.05) is 0 Å². The van der Waals surface area contributed by atoms with Crippen LogP contribution in [-0.4, -0.2) is 33.8 Å². The lowest BCUT2D eigenvalue weighted by atomic mass is 10.1. The van der Waals surface area contributed by atoms with Gasteiger partial charge in [0.05, 0.1) is 0 Å². The molecule has 22 heavy (non-hydrogen) atoms. The molecule has 0 saturated heterocycles. The summed E-state index contributed by atoms with van der Waals surface area (Å²) in [4.78, 5) is 31.7. The van der Waals surface area contributed by atoms with Crippen molar-refractivity contribution in [2.24, 2.45) is 0 Å². The number of hydrogen-bond donors (Lipinski definition) is 3. The van der Waals surface area contributed by atoms with E-state index in [2.05, 4.69) is 14.2 Å². The summed E-state index contributed by atoms with van der Waals surface area (Å²) < 4.78 is 13.5. The topological polar surface area (TPSA) is 140 Å². The summed E-state index contributed by atoms with van der Waals surface area (Å²) in [5.74, 6) is -0.388. The Morgan fingerprint density at radius 3 is 1.86 bits per heavy atom. The van der Waals surface area contributed by atoms with Crippen molar-refractivity contribution >= 4 is 29.2 Å². The van der Waals surface area contributed by atoms with Crippen molar-refractivity contribution in [3.8, 4) is 17.2 Å². The van der Waals surface area contributed by atoms with E-state index in [0.29, 0.717) is 5.39 Å². The first-order valence-electron chi connectivity index (χ1n) is 5.65. The van der Waals surface area contributed by atoms with Gasteiger partial charge in [0.2, 0.25) is 0 Å². The van der Waals surface area contributed by atoms with Crippen molar-refractivity contribution < 1.29 is 43.9 Å². The Morgan fingerprint density at radius 2 is 1.27 bits per heavy atom. The molecule has 9 heteroatoms. The third-order valence-corrected chi connectivity index (χ3v) is 2.47. The number of hydrogen-bond acceptors (Lipinski definition) is 6. The van der Waals surface area contributed by atoms with E-state index in [1.54, 1.807) is 0 Å². The van der Waals surface area contributed by atoms with Crippen LogP contribution in [0.4, 0.5) is 14.4 Å². The first-order chi connectivity index (χ1) is 10.3. The summed E-state index contributed by atoms with van der Waals surface area (Å²) in [5.41, 5.74) is 0. The molecule has 0 unspecified atom stereocenters. The molecule has 9 nitrogen and oxygen atoms in total. The second-order valence-corrected chi connectivity index (χ2v) is 3.91. The summed E-state index contributed by atoms with van der Waals surface area (Å²) in [7, 11) is 0. The molecule has 0 amide bonds. The van der Waals surface area contributed by atoms with Crippen LogP contribution in [0.25, 0.3) is 10.8 Å². The minimum Gasteiger partial charge on any atom is -0.449 e. The first-order valence-corrected chi connectivity index (χ1v) is 5.65. The molecule has 0 heterocycles. The zero-order valence-corrected chi connectivity index (χ0v) is 10.7. The minimum atomic E-state index is -1.60. The highest BCUT2D eigenvalue weighted by molar-refractivity contribution is 5.92. The van der Waals surface area contributed by atoms with Crippen LogP contribution < -0.4 is 14.2 Å². The van der Waals surface area contributed by atoms with E-state index in [0.717, 1.165) is 6.07 Å². The Morgan fingerprint density at radius 1 is 0.727 bits per heavy atom. The summed E-state index contributed by atoms with van der Waals surface area (Å²) in [6.45, 7) is 0. The molecule has 0 aromatic heterocycles. The van der Waals surface area contributed by atoms with E-state index in [-0.39, 0.29) is 22.6 Å². The zero-order valence-electron chi connectivity index (χ0n) is 10.7. The summed E-state index contributed by atoms with van der Waals surface area (Å²) in [6.07, 6.45) is -4.72. The second kappa shape index (κ2) is 5.87. The second-order valence-electron chi connectivity index (χ2n) is 3.91. The first kappa shape index (κ1) is 14.9. The van der Waals surface area contributed by atoms with Gasteiger partial charge in [0.25, 0.3) is 0 Å². The van der Waals surface area contributed by atoms with Gasteiger partial charge in [-0.25, -0.2) is 14.4 Å². The molecule has 0 aliphatic carbocycles. The van der Waals surface area contributed by atoms with Crippen LogP contribution in [0, 0.1) is 0 Å². The minimum absolute atomic E-state index is 0.0336. The Hall–Kier alpha value is -3.49. The number of benzene rings is 2. The van der Waals surface area contributed by atoms with Gasteiger partial charge < -0.3 is 29.5 Å². The lowest BCUT2D eigenvalue weighted by Gasteiger charge is -2.09. The van der Waals surface area contributed by atoms with Crippen molar-refractivity contribution in [2.45, 2.75) is 0 Å². The summed E-state index contributed by atoms with van der Waals surface area (Å²) in [6, 6.07) is 6.29. The lowest BCUT2D eigenvalue weighted by Crippen LogP contribution is -2.06. The Bertz CT molecular complexity index is 760. The Kier molecular flexibility index (Phi) is 3.98. The van der Waals surface area contributed by atoms with Gasteiger partial charge in [-0.05, 0) is 29.7 Å². The maximum atomic E-state index is 10.7. The molecule has 0 radical (unpaired) electrons. The van der Waals surface area contributed by atoms with E-state index in [4.69, 9.17) is 15.3 Å². The molecule has 3 N–H and O–H groups in total. The highest BCUT2D eigenvalue weighted by atomic mass is 16.7. The van der Waals surface area contributed by atoms with Gasteiger partial charge in [-0.2, -0.15) is 0 Å².